The third-order valence-corrected chi connectivity index (χ3v) is 6.23. The molecule has 0 spiro atoms. The molecule has 4 rings (SSSR count). The van der Waals surface area contributed by atoms with Gasteiger partial charge in [-0.15, -0.1) is 0 Å². The van der Waals surface area contributed by atoms with Gasteiger partial charge in [-0.2, -0.15) is 0 Å². The Morgan fingerprint density at radius 1 is 0.970 bits per heavy atom. The average Bonchev–Trinajstić information content (AvgIpc) is 3.09. The fourth-order valence-electron chi connectivity index (χ4n) is 4.71. The molecule has 1 aliphatic heterocycles. The first-order valence-electron chi connectivity index (χ1n) is 11.2. The molecule has 2 aromatic rings. The van der Waals surface area contributed by atoms with Crippen molar-refractivity contribution in [2.24, 2.45) is 11.8 Å². The minimum absolute atomic E-state index is 0.0732. The highest BCUT2D eigenvalue weighted by molar-refractivity contribution is 5.83. The zero-order valence-corrected chi connectivity index (χ0v) is 19.1. The molecule has 7 heteroatoms. The van der Waals surface area contributed by atoms with Gasteiger partial charge >= 0.3 is 18.0 Å². The van der Waals surface area contributed by atoms with Crippen LogP contribution in [0.3, 0.4) is 0 Å². The minimum Gasteiger partial charge on any atom is -0.481 e. The number of carboxylic acids is 1. The standard InChI is InChI=1S/C26H29NO6/c1-26(2,3)33-24(30)20-12-13-27(14-21(20)23(28)29)25(31)32-15-22-18-10-6-4-8-16(18)17-9-5-7-11-19(17)22/h4-11,20-22H,12-15H2,1-3H3,(H,28,29)/t20?,21-/m0/s1. The van der Waals surface area contributed by atoms with Crippen molar-refractivity contribution < 1.29 is 29.0 Å². The number of aliphatic carboxylic acids is 1. The van der Waals surface area contributed by atoms with E-state index in [9.17, 15) is 19.5 Å². The molecule has 1 unspecified atom stereocenters. The summed E-state index contributed by atoms with van der Waals surface area (Å²) in [6, 6.07) is 16.1. The Morgan fingerprint density at radius 3 is 2.09 bits per heavy atom. The zero-order valence-electron chi connectivity index (χ0n) is 19.1. The predicted molar refractivity (Wildman–Crippen MR) is 122 cm³/mol. The van der Waals surface area contributed by atoms with E-state index in [-0.39, 0.29) is 32.0 Å². The van der Waals surface area contributed by atoms with Crippen molar-refractivity contribution in [3.63, 3.8) is 0 Å². The van der Waals surface area contributed by atoms with Crippen LogP contribution in [-0.2, 0) is 19.1 Å². The van der Waals surface area contributed by atoms with Crippen LogP contribution in [0.1, 0.15) is 44.2 Å². The summed E-state index contributed by atoms with van der Waals surface area (Å²) in [6.07, 6.45) is -0.346. The number of benzene rings is 2. The maximum absolute atomic E-state index is 12.8. The molecule has 2 aromatic carbocycles. The highest BCUT2D eigenvalue weighted by Crippen LogP contribution is 2.44. The van der Waals surface area contributed by atoms with Crippen LogP contribution < -0.4 is 0 Å². The first kappa shape index (κ1) is 22.8. The molecule has 1 aliphatic carbocycles. The van der Waals surface area contributed by atoms with E-state index >= 15 is 0 Å². The average molecular weight is 452 g/mol. The van der Waals surface area contributed by atoms with Gasteiger partial charge in [0.25, 0.3) is 0 Å². The molecule has 0 bridgehead atoms. The number of fused-ring (bicyclic) bond motifs is 3. The van der Waals surface area contributed by atoms with Crippen LogP contribution in [0.15, 0.2) is 48.5 Å². The van der Waals surface area contributed by atoms with Crippen LogP contribution in [-0.4, -0.2) is 53.3 Å². The Kier molecular flexibility index (Phi) is 6.15. The third kappa shape index (κ3) is 4.72. The van der Waals surface area contributed by atoms with Crippen molar-refractivity contribution in [1.29, 1.82) is 0 Å². The summed E-state index contributed by atoms with van der Waals surface area (Å²) >= 11 is 0. The highest BCUT2D eigenvalue weighted by Gasteiger charge is 2.42. The molecule has 174 valence electrons. The molecular formula is C26H29NO6. The molecule has 0 saturated carbocycles. The number of amides is 1. The van der Waals surface area contributed by atoms with E-state index in [1.54, 1.807) is 20.8 Å². The van der Waals surface area contributed by atoms with Crippen molar-refractivity contribution in [2.45, 2.75) is 38.7 Å². The normalized spacial score (nSPS) is 20.0. The Labute approximate surface area is 193 Å². The lowest BCUT2D eigenvalue weighted by molar-refractivity contribution is -0.169. The van der Waals surface area contributed by atoms with Crippen LogP contribution in [0.5, 0.6) is 0 Å². The molecular weight excluding hydrogens is 422 g/mol. The summed E-state index contributed by atoms with van der Waals surface area (Å²) < 4.78 is 11.1. The summed E-state index contributed by atoms with van der Waals surface area (Å²) in [5.74, 6) is -3.56. The predicted octanol–water partition coefficient (Wildman–Crippen LogP) is 4.30. The maximum Gasteiger partial charge on any atom is 0.409 e. The van der Waals surface area contributed by atoms with Crippen molar-refractivity contribution in [3.8, 4) is 11.1 Å². The summed E-state index contributed by atoms with van der Waals surface area (Å²) in [5, 5.41) is 9.69. The van der Waals surface area contributed by atoms with Gasteiger partial charge < -0.3 is 19.5 Å². The molecule has 1 amide bonds. The molecule has 2 atom stereocenters. The third-order valence-electron chi connectivity index (χ3n) is 6.23. The molecule has 2 aliphatic rings. The fourth-order valence-corrected chi connectivity index (χ4v) is 4.71. The molecule has 1 saturated heterocycles. The summed E-state index contributed by atoms with van der Waals surface area (Å²) in [7, 11) is 0. The summed E-state index contributed by atoms with van der Waals surface area (Å²) in [4.78, 5) is 38.6. The van der Waals surface area contributed by atoms with Crippen LogP contribution in [0, 0.1) is 11.8 Å². The van der Waals surface area contributed by atoms with E-state index in [4.69, 9.17) is 9.47 Å². The second kappa shape index (κ2) is 8.89. The number of hydrogen-bond donors (Lipinski definition) is 1. The molecule has 33 heavy (non-hydrogen) atoms. The Morgan fingerprint density at radius 2 is 1.55 bits per heavy atom. The summed E-state index contributed by atoms with van der Waals surface area (Å²) in [5.41, 5.74) is 3.79. The van der Waals surface area contributed by atoms with Crippen LogP contribution in [0.2, 0.25) is 0 Å². The Hall–Kier alpha value is -3.35. The molecule has 1 fully saturated rings. The minimum atomic E-state index is -1.12. The van der Waals surface area contributed by atoms with Crippen LogP contribution in [0.25, 0.3) is 11.1 Å². The molecule has 0 radical (unpaired) electrons. The molecule has 0 aromatic heterocycles. The van der Waals surface area contributed by atoms with Gasteiger partial charge in [-0.3, -0.25) is 9.59 Å². The number of hydrogen-bond acceptors (Lipinski definition) is 5. The summed E-state index contributed by atoms with van der Waals surface area (Å²) in [6.45, 7) is 5.54. The van der Waals surface area contributed by atoms with Gasteiger partial charge in [0, 0.05) is 19.0 Å². The van der Waals surface area contributed by atoms with Gasteiger partial charge in [0.2, 0.25) is 0 Å². The van der Waals surface area contributed by atoms with Gasteiger partial charge in [0.05, 0.1) is 11.8 Å². The SMILES string of the molecule is CC(C)(C)OC(=O)C1CCN(C(=O)OCC2c3ccccc3-c3ccccc32)C[C@@H]1C(=O)O. The second-order valence-corrected chi connectivity index (χ2v) is 9.62. The Bertz CT molecular complexity index is 1030. The number of piperidine rings is 1. The first-order valence-corrected chi connectivity index (χ1v) is 11.2. The molecule has 1 N–H and O–H groups in total. The van der Waals surface area contributed by atoms with Crippen molar-refractivity contribution in [3.05, 3.63) is 59.7 Å². The van der Waals surface area contributed by atoms with E-state index < -0.39 is 35.5 Å². The van der Waals surface area contributed by atoms with Crippen LogP contribution in [0.4, 0.5) is 4.79 Å². The number of ether oxygens (including phenoxy) is 2. The lowest BCUT2D eigenvalue weighted by Crippen LogP contribution is -2.50. The molecule has 7 nitrogen and oxygen atoms in total. The number of likely N-dealkylation sites (tertiary alicyclic amines) is 1. The lowest BCUT2D eigenvalue weighted by Gasteiger charge is -2.36. The Balaban J connectivity index is 1.43. The lowest BCUT2D eigenvalue weighted by atomic mass is 9.85. The number of carbonyl (C=O) groups excluding carboxylic acids is 2. The van der Waals surface area contributed by atoms with Crippen LogP contribution >= 0.6 is 0 Å². The smallest absolute Gasteiger partial charge is 0.409 e. The van der Waals surface area contributed by atoms with Crippen molar-refractivity contribution in [2.75, 3.05) is 19.7 Å². The monoisotopic (exact) mass is 451 g/mol. The van der Waals surface area contributed by atoms with Crippen molar-refractivity contribution in [1.82, 2.24) is 4.90 Å². The maximum atomic E-state index is 12.8. The number of esters is 1. The quantitative estimate of drug-likeness (QED) is 0.697. The topological polar surface area (TPSA) is 93.1 Å². The number of nitrogens with zero attached hydrogens (tertiary/aromatic N) is 1. The van der Waals surface area contributed by atoms with E-state index in [1.165, 1.54) is 4.90 Å². The second-order valence-electron chi connectivity index (χ2n) is 9.62. The zero-order chi connectivity index (χ0) is 23.8. The highest BCUT2D eigenvalue weighted by atomic mass is 16.6. The van der Waals surface area contributed by atoms with Gasteiger partial charge in [-0.05, 0) is 49.4 Å². The van der Waals surface area contributed by atoms with E-state index in [0.29, 0.717) is 0 Å². The van der Waals surface area contributed by atoms with Gasteiger partial charge in [-0.1, -0.05) is 48.5 Å². The van der Waals surface area contributed by atoms with Gasteiger partial charge in [0.15, 0.2) is 0 Å². The number of rotatable bonds is 4. The largest absolute Gasteiger partial charge is 0.481 e. The fraction of sp³-hybridized carbons (Fsp3) is 0.423. The molecule has 1 heterocycles. The first-order chi connectivity index (χ1) is 15.7. The van der Waals surface area contributed by atoms with E-state index in [1.807, 2.05) is 36.4 Å². The van der Waals surface area contributed by atoms with E-state index in [2.05, 4.69) is 12.1 Å². The van der Waals surface area contributed by atoms with E-state index in [0.717, 1.165) is 22.3 Å². The number of carbonyl (C=O) groups is 3. The van der Waals surface area contributed by atoms with Crippen molar-refractivity contribution >= 4 is 18.0 Å². The number of carboxylic acid groups (broad SMARTS) is 1. The van der Waals surface area contributed by atoms with Gasteiger partial charge in [-0.25, -0.2) is 4.79 Å². The van der Waals surface area contributed by atoms with Gasteiger partial charge in [0.1, 0.15) is 12.2 Å².